The maximum atomic E-state index is 12.9. The molecular formula is C21H23N5OS. The SMILES string of the molecule is C=CCn1c(C)cc(C(=O)CSc2nnc(-c3cccnc3)n2C2CC2)c1C. The molecule has 0 spiro atoms. The van der Waals surface area contributed by atoms with Crippen molar-refractivity contribution in [3.63, 3.8) is 0 Å². The van der Waals surface area contributed by atoms with Gasteiger partial charge < -0.3 is 4.57 Å². The minimum Gasteiger partial charge on any atom is -0.345 e. The molecule has 7 heteroatoms. The standard InChI is InChI=1S/C21H23N5OS/c1-4-10-25-14(2)11-18(15(25)3)19(27)13-28-21-24-23-20(26(21)17-7-8-17)16-6-5-9-22-12-16/h4-6,9,11-12,17H,1,7-8,10,13H2,2-3H3. The largest absolute Gasteiger partial charge is 0.345 e. The Morgan fingerprint density at radius 3 is 2.86 bits per heavy atom. The molecule has 6 nitrogen and oxygen atoms in total. The highest BCUT2D eigenvalue weighted by molar-refractivity contribution is 7.99. The third-order valence-corrected chi connectivity index (χ3v) is 5.96. The number of rotatable bonds is 8. The summed E-state index contributed by atoms with van der Waals surface area (Å²) < 4.78 is 4.27. The highest BCUT2D eigenvalue weighted by atomic mass is 32.2. The van der Waals surface area contributed by atoms with Gasteiger partial charge in [-0.15, -0.1) is 16.8 Å². The van der Waals surface area contributed by atoms with Crippen LogP contribution >= 0.6 is 11.8 Å². The Hall–Kier alpha value is -2.67. The molecule has 0 aliphatic heterocycles. The third-order valence-electron chi connectivity index (χ3n) is 5.01. The van der Waals surface area contributed by atoms with Crippen LogP contribution in [-0.4, -0.2) is 35.9 Å². The first-order valence-electron chi connectivity index (χ1n) is 9.39. The van der Waals surface area contributed by atoms with Crippen LogP contribution in [0.4, 0.5) is 0 Å². The van der Waals surface area contributed by atoms with Gasteiger partial charge in [0.2, 0.25) is 0 Å². The van der Waals surface area contributed by atoms with E-state index in [1.165, 1.54) is 11.8 Å². The van der Waals surface area contributed by atoms with Gasteiger partial charge in [-0.2, -0.15) is 0 Å². The molecule has 0 N–H and O–H groups in total. The van der Waals surface area contributed by atoms with Crippen molar-refractivity contribution in [2.24, 2.45) is 0 Å². The molecule has 3 aromatic rings. The normalized spacial score (nSPS) is 13.6. The summed E-state index contributed by atoms with van der Waals surface area (Å²) in [6, 6.07) is 6.27. The number of Topliss-reactive ketones (excluding diaryl/α,β-unsaturated/α-hetero) is 1. The molecule has 28 heavy (non-hydrogen) atoms. The Kier molecular flexibility index (Phi) is 5.17. The summed E-state index contributed by atoms with van der Waals surface area (Å²) >= 11 is 1.46. The summed E-state index contributed by atoms with van der Waals surface area (Å²) in [5.74, 6) is 1.28. The summed E-state index contributed by atoms with van der Waals surface area (Å²) in [6.45, 7) is 8.51. The van der Waals surface area contributed by atoms with Crippen molar-refractivity contribution >= 4 is 17.5 Å². The lowest BCUT2D eigenvalue weighted by Crippen LogP contribution is -2.07. The van der Waals surface area contributed by atoms with E-state index in [1.54, 1.807) is 12.4 Å². The Morgan fingerprint density at radius 2 is 2.18 bits per heavy atom. The zero-order valence-corrected chi connectivity index (χ0v) is 16.9. The molecule has 1 aliphatic rings. The molecule has 1 saturated carbocycles. The van der Waals surface area contributed by atoms with Crippen LogP contribution in [0.2, 0.25) is 0 Å². The van der Waals surface area contributed by atoms with E-state index in [1.807, 2.05) is 38.1 Å². The van der Waals surface area contributed by atoms with Crippen LogP contribution in [0, 0.1) is 13.8 Å². The highest BCUT2D eigenvalue weighted by Crippen LogP contribution is 2.41. The van der Waals surface area contributed by atoms with Gasteiger partial charge in [0, 0.05) is 47.5 Å². The van der Waals surface area contributed by atoms with E-state index in [9.17, 15) is 4.79 Å². The second kappa shape index (κ2) is 7.75. The lowest BCUT2D eigenvalue weighted by atomic mass is 10.2. The van der Waals surface area contributed by atoms with Crippen LogP contribution in [0.5, 0.6) is 0 Å². The molecule has 3 heterocycles. The van der Waals surface area contributed by atoms with Gasteiger partial charge in [-0.3, -0.25) is 14.3 Å². The van der Waals surface area contributed by atoms with Gasteiger partial charge in [-0.05, 0) is 44.9 Å². The maximum Gasteiger partial charge on any atom is 0.192 e. The van der Waals surface area contributed by atoms with E-state index in [0.717, 1.165) is 46.3 Å². The number of nitrogens with zero attached hydrogens (tertiary/aromatic N) is 5. The molecule has 0 unspecified atom stereocenters. The van der Waals surface area contributed by atoms with Crippen LogP contribution in [0.15, 0.2) is 48.4 Å². The van der Waals surface area contributed by atoms with E-state index in [0.29, 0.717) is 18.3 Å². The van der Waals surface area contributed by atoms with E-state index in [4.69, 9.17) is 0 Å². The first kappa shape index (κ1) is 18.7. The molecule has 144 valence electrons. The first-order valence-corrected chi connectivity index (χ1v) is 10.4. The first-order chi connectivity index (χ1) is 13.6. The predicted octanol–water partition coefficient (Wildman–Crippen LogP) is 4.25. The summed E-state index contributed by atoms with van der Waals surface area (Å²) in [7, 11) is 0. The van der Waals surface area contributed by atoms with Crippen LogP contribution in [0.1, 0.15) is 40.6 Å². The number of hydrogen-bond acceptors (Lipinski definition) is 5. The number of aryl methyl sites for hydroxylation is 1. The Bertz CT molecular complexity index is 1020. The summed E-state index contributed by atoms with van der Waals surface area (Å²) in [5, 5.41) is 9.56. The van der Waals surface area contributed by atoms with Gasteiger partial charge in [-0.1, -0.05) is 17.8 Å². The molecule has 3 aromatic heterocycles. The number of carbonyl (C=O) groups excluding carboxylic acids is 1. The fraction of sp³-hybridized carbons (Fsp3) is 0.333. The van der Waals surface area contributed by atoms with Gasteiger partial charge in [0.15, 0.2) is 16.8 Å². The zero-order chi connectivity index (χ0) is 19.7. The highest BCUT2D eigenvalue weighted by Gasteiger charge is 2.30. The van der Waals surface area contributed by atoms with Crippen molar-refractivity contribution in [1.29, 1.82) is 0 Å². The Morgan fingerprint density at radius 1 is 1.36 bits per heavy atom. The molecule has 1 fully saturated rings. The van der Waals surface area contributed by atoms with E-state index >= 15 is 0 Å². The van der Waals surface area contributed by atoms with Crippen LogP contribution in [0.3, 0.4) is 0 Å². The third kappa shape index (κ3) is 3.54. The van der Waals surface area contributed by atoms with Crippen molar-refractivity contribution in [1.82, 2.24) is 24.3 Å². The van der Waals surface area contributed by atoms with Crippen molar-refractivity contribution < 1.29 is 4.79 Å². The molecule has 0 saturated heterocycles. The maximum absolute atomic E-state index is 12.9. The summed E-state index contributed by atoms with van der Waals surface area (Å²) in [5.41, 5.74) is 3.79. The average Bonchev–Trinajstić information content (AvgIpc) is 3.40. The van der Waals surface area contributed by atoms with Crippen LogP contribution in [0.25, 0.3) is 11.4 Å². The fourth-order valence-electron chi connectivity index (χ4n) is 3.43. The van der Waals surface area contributed by atoms with Crippen molar-refractivity contribution in [2.45, 2.75) is 44.4 Å². The molecule has 0 amide bonds. The second-order valence-electron chi connectivity index (χ2n) is 7.04. The van der Waals surface area contributed by atoms with E-state index in [2.05, 4.69) is 30.9 Å². The number of carbonyl (C=O) groups is 1. The smallest absolute Gasteiger partial charge is 0.192 e. The van der Waals surface area contributed by atoms with Gasteiger partial charge in [0.05, 0.1) is 5.75 Å². The second-order valence-corrected chi connectivity index (χ2v) is 7.99. The summed E-state index contributed by atoms with van der Waals surface area (Å²) in [6.07, 6.45) is 7.64. The lowest BCUT2D eigenvalue weighted by molar-refractivity contribution is 0.102. The Balaban J connectivity index is 1.54. The number of pyridine rings is 1. The van der Waals surface area contributed by atoms with Gasteiger partial charge in [0.1, 0.15) is 0 Å². The predicted molar refractivity (Wildman–Crippen MR) is 111 cm³/mol. The van der Waals surface area contributed by atoms with Gasteiger partial charge in [0.25, 0.3) is 0 Å². The number of hydrogen-bond donors (Lipinski definition) is 0. The van der Waals surface area contributed by atoms with Crippen LogP contribution in [-0.2, 0) is 6.54 Å². The average molecular weight is 394 g/mol. The minimum absolute atomic E-state index is 0.113. The molecule has 0 atom stereocenters. The molecule has 0 radical (unpaired) electrons. The molecule has 0 aromatic carbocycles. The molecule has 4 rings (SSSR count). The quantitative estimate of drug-likeness (QED) is 0.325. The molecule has 0 bridgehead atoms. The zero-order valence-electron chi connectivity index (χ0n) is 16.1. The van der Waals surface area contributed by atoms with Gasteiger partial charge >= 0.3 is 0 Å². The fourth-order valence-corrected chi connectivity index (χ4v) is 4.32. The number of aromatic nitrogens is 5. The molecular weight excluding hydrogens is 370 g/mol. The Labute approximate surface area is 168 Å². The monoisotopic (exact) mass is 393 g/mol. The lowest BCUT2D eigenvalue weighted by Gasteiger charge is -2.08. The minimum atomic E-state index is 0.113. The topological polar surface area (TPSA) is 65.6 Å². The van der Waals surface area contributed by atoms with Crippen molar-refractivity contribution in [3.8, 4) is 11.4 Å². The number of thioether (sulfide) groups is 1. The van der Waals surface area contributed by atoms with Crippen LogP contribution < -0.4 is 0 Å². The summed E-state index contributed by atoms with van der Waals surface area (Å²) in [4.78, 5) is 17.0. The number of ketones is 1. The number of allylic oxidation sites excluding steroid dienone is 1. The molecule has 1 aliphatic carbocycles. The van der Waals surface area contributed by atoms with Gasteiger partial charge in [-0.25, -0.2) is 0 Å². The van der Waals surface area contributed by atoms with Crippen molar-refractivity contribution in [2.75, 3.05) is 5.75 Å². The van der Waals surface area contributed by atoms with E-state index < -0.39 is 0 Å². The van der Waals surface area contributed by atoms with E-state index in [-0.39, 0.29) is 5.78 Å². The van der Waals surface area contributed by atoms with Crippen molar-refractivity contribution in [3.05, 3.63) is 60.2 Å².